The highest BCUT2D eigenvalue weighted by atomic mass is 16.2. The Balaban J connectivity index is 1.41. The minimum Gasteiger partial charge on any atom is -0.351 e. The molecule has 0 bridgehead atoms. The Morgan fingerprint density at radius 2 is 1.84 bits per heavy atom. The maximum Gasteiger partial charge on any atom is 0.267 e. The Kier molecular flexibility index (Phi) is 7.79. The van der Waals surface area contributed by atoms with E-state index in [1.165, 1.54) is 24.0 Å². The van der Waals surface area contributed by atoms with E-state index < -0.39 is 0 Å². The lowest BCUT2D eigenvalue weighted by Gasteiger charge is -2.23. The van der Waals surface area contributed by atoms with Crippen LogP contribution in [0.1, 0.15) is 75.3 Å². The van der Waals surface area contributed by atoms with Gasteiger partial charge in [0.1, 0.15) is 5.69 Å². The van der Waals surface area contributed by atoms with Crippen molar-refractivity contribution >= 4 is 23.1 Å². The average Bonchev–Trinajstić information content (AvgIpc) is 3.24. The fourth-order valence-electron chi connectivity index (χ4n) is 5.62. The van der Waals surface area contributed by atoms with Gasteiger partial charge >= 0.3 is 0 Å². The number of hydrogen-bond donors (Lipinski definition) is 1. The molecule has 0 radical (unpaired) electrons. The lowest BCUT2D eigenvalue weighted by atomic mass is 9.90. The van der Waals surface area contributed by atoms with Gasteiger partial charge in [0.05, 0.1) is 13.1 Å². The van der Waals surface area contributed by atoms with Crippen molar-refractivity contribution in [2.24, 2.45) is 0 Å². The van der Waals surface area contributed by atoms with E-state index in [0.717, 1.165) is 48.3 Å². The Labute approximate surface area is 225 Å². The van der Waals surface area contributed by atoms with E-state index in [9.17, 15) is 9.59 Å². The van der Waals surface area contributed by atoms with Crippen LogP contribution in [0.25, 0.3) is 5.57 Å². The summed E-state index contributed by atoms with van der Waals surface area (Å²) in [6.07, 6.45) is 7.97. The van der Waals surface area contributed by atoms with Gasteiger partial charge in [-0.05, 0) is 112 Å². The van der Waals surface area contributed by atoms with Gasteiger partial charge in [-0.1, -0.05) is 30.3 Å². The van der Waals surface area contributed by atoms with E-state index in [1.54, 1.807) is 0 Å². The monoisotopic (exact) mass is 510 g/mol. The van der Waals surface area contributed by atoms with Crippen molar-refractivity contribution in [3.8, 4) is 0 Å². The van der Waals surface area contributed by atoms with Gasteiger partial charge in [0.15, 0.2) is 0 Å². The first-order chi connectivity index (χ1) is 18.4. The third-order valence-electron chi connectivity index (χ3n) is 7.66. The summed E-state index contributed by atoms with van der Waals surface area (Å²) in [6.45, 7) is 4.62. The summed E-state index contributed by atoms with van der Waals surface area (Å²) >= 11 is 0. The molecular weight excluding hydrogens is 472 g/mol. The molecule has 6 nitrogen and oxygen atoms in total. The SMILES string of the molecule is Cc1cc(C(=O)N2Cc3ccc(C(=O)NCCCN(C)C)n3Cc3ccccc32)ccc1C1=CCCCC1. The van der Waals surface area contributed by atoms with Crippen LogP contribution in [-0.2, 0) is 13.1 Å². The standard InChI is InChI=1S/C32H38N4O2/c1-23-20-25(14-16-28(23)24-10-5-4-6-11-24)32(38)36-22-27-15-17-30(31(37)33-18-9-19-34(2)3)35(27)21-26-12-7-8-13-29(26)36/h7-8,10,12-17,20H,4-6,9,11,18-19,21-22H2,1-3H3,(H,33,37). The summed E-state index contributed by atoms with van der Waals surface area (Å²) < 4.78 is 2.05. The summed E-state index contributed by atoms with van der Waals surface area (Å²) in [5.74, 6) is -0.0930. The Morgan fingerprint density at radius 3 is 2.61 bits per heavy atom. The molecule has 0 atom stereocenters. The van der Waals surface area contributed by atoms with Gasteiger partial charge in [0, 0.05) is 23.5 Å². The molecule has 2 amide bonds. The minimum absolute atomic E-state index is 0.0194. The normalized spacial score (nSPS) is 14.9. The molecule has 2 aromatic carbocycles. The number of amides is 2. The van der Waals surface area contributed by atoms with Crippen molar-refractivity contribution in [3.63, 3.8) is 0 Å². The van der Waals surface area contributed by atoms with Crippen LogP contribution in [0.5, 0.6) is 0 Å². The fourth-order valence-corrected chi connectivity index (χ4v) is 5.62. The predicted octanol–water partition coefficient (Wildman–Crippen LogP) is 5.64. The van der Waals surface area contributed by atoms with Gasteiger partial charge in [-0.2, -0.15) is 0 Å². The van der Waals surface area contributed by atoms with Crippen molar-refractivity contribution in [2.45, 2.75) is 52.1 Å². The molecular formula is C32H38N4O2. The van der Waals surface area contributed by atoms with Gasteiger partial charge in [0.25, 0.3) is 11.8 Å². The zero-order chi connectivity index (χ0) is 26.6. The molecule has 6 heteroatoms. The lowest BCUT2D eigenvalue weighted by Crippen LogP contribution is -2.31. The molecule has 0 unspecified atom stereocenters. The number of anilines is 1. The predicted molar refractivity (Wildman–Crippen MR) is 154 cm³/mol. The fraction of sp³-hybridized carbons (Fsp3) is 0.375. The third-order valence-corrected chi connectivity index (χ3v) is 7.66. The van der Waals surface area contributed by atoms with Crippen LogP contribution in [0.15, 0.2) is 60.7 Å². The van der Waals surface area contributed by atoms with Gasteiger partial charge < -0.3 is 19.7 Å². The Hall–Kier alpha value is -3.64. The number of para-hydroxylation sites is 1. The minimum atomic E-state index is -0.0736. The van der Waals surface area contributed by atoms with Crippen LogP contribution >= 0.6 is 0 Å². The molecule has 0 saturated heterocycles. The van der Waals surface area contributed by atoms with Crippen molar-refractivity contribution < 1.29 is 9.59 Å². The molecule has 2 heterocycles. The molecule has 1 aliphatic carbocycles. The molecule has 1 aliphatic heterocycles. The molecule has 0 fully saturated rings. The zero-order valence-corrected chi connectivity index (χ0v) is 22.8. The van der Waals surface area contributed by atoms with Crippen LogP contribution < -0.4 is 10.2 Å². The molecule has 0 spiro atoms. The smallest absolute Gasteiger partial charge is 0.267 e. The van der Waals surface area contributed by atoms with Crippen molar-refractivity contribution in [2.75, 3.05) is 32.1 Å². The number of nitrogens with one attached hydrogen (secondary N) is 1. The van der Waals surface area contributed by atoms with Gasteiger partial charge in [0.2, 0.25) is 0 Å². The maximum absolute atomic E-state index is 14.0. The molecule has 1 N–H and O–H groups in total. The number of allylic oxidation sites excluding steroid dienone is 2. The second-order valence-electron chi connectivity index (χ2n) is 10.7. The second kappa shape index (κ2) is 11.4. The first kappa shape index (κ1) is 26.0. The summed E-state index contributed by atoms with van der Waals surface area (Å²) in [7, 11) is 4.06. The van der Waals surface area contributed by atoms with Gasteiger partial charge in [-0.3, -0.25) is 9.59 Å². The van der Waals surface area contributed by atoms with Crippen molar-refractivity contribution in [1.82, 2.24) is 14.8 Å². The van der Waals surface area contributed by atoms with Crippen LogP contribution in [0.4, 0.5) is 5.69 Å². The summed E-state index contributed by atoms with van der Waals surface area (Å²) in [5.41, 5.74) is 8.00. The van der Waals surface area contributed by atoms with E-state index in [1.807, 2.05) is 67.5 Å². The zero-order valence-electron chi connectivity index (χ0n) is 22.8. The van der Waals surface area contributed by atoms with E-state index in [0.29, 0.717) is 30.9 Å². The molecule has 5 rings (SSSR count). The number of aromatic nitrogens is 1. The number of carbonyl (C=O) groups is 2. The molecule has 1 aromatic heterocycles. The lowest BCUT2D eigenvalue weighted by molar-refractivity contribution is 0.0942. The highest BCUT2D eigenvalue weighted by Gasteiger charge is 2.27. The Bertz CT molecular complexity index is 1370. The maximum atomic E-state index is 14.0. The summed E-state index contributed by atoms with van der Waals surface area (Å²) in [4.78, 5) is 31.0. The third kappa shape index (κ3) is 5.46. The number of carbonyl (C=O) groups excluding carboxylic acids is 2. The summed E-state index contributed by atoms with van der Waals surface area (Å²) in [5, 5.41) is 3.06. The van der Waals surface area contributed by atoms with Crippen LogP contribution in [0.3, 0.4) is 0 Å². The number of benzene rings is 2. The van der Waals surface area contributed by atoms with E-state index in [-0.39, 0.29) is 11.8 Å². The molecule has 2 aliphatic rings. The number of rotatable bonds is 7. The van der Waals surface area contributed by atoms with Crippen molar-refractivity contribution in [3.05, 3.63) is 94.3 Å². The number of hydrogen-bond acceptors (Lipinski definition) is 3. The molecule has 38 heavy (non-hydrogen) atoms. The first-order valence-electron chi connectivity index (χ1n) is 13.7. The number of fused-ring (bicyclic) bond motifs is 2. The Morgan fingerprint density at radius 1 is 1.00 bits per heavy atom. The molecule has 0 saturated carbocycles. The van der Waals surface area contributed by atoms with E-state index >= 15 is 0 Å². The van der Waals surface area contributed by atoms with Crippen LogP contribution in [0.2, 0.25) is 0 Å². The van der Waals surface area contributed by atoms with Gasteiger partial charge in [-0.15, -0.1) is 0 Å². The van der Waals surface area contributed by atoms with Crippen LogP contribution in [-0.4, -0.2) is 48.5 Å². The molecule has 198 valence electrons. The highest BCUT2D eigenvalue weighted by molar-refractivity contribution is 6.07. The number of aryl methyl sites for hydroxylation is 1. The van der Waals surface area contributed by atoms with Crippen LogP contribution in [0, 0.1) is 6.92 Å². The first-order valence-corrected chi connectivity index (χ1v) is 13.7. The summed E-state index contributed by atoms with van der Waals surface area (Å²) in [6, 6.07) is 18.0. The van der Waals surface area contributed by atoms with Crippen molar-refractivity contribution in [1.29, 1.82) is 0 Å². The topological polar surface area (TPSA) is 57.6 Å². The van der Waals surface area contributed by atoms with E-state index in [2.05, 4.69) is 33.8 Å². The van der Waals surface area contributed by atoms with Gasteiger partial charge in [-0.25, -0.2) is 0 Å². The number of nitrogens with zero attached hydrogens (tertiary/aromatic N) is 3. The second-order valence-corrected chi connectivity index (χ2v) is 10.7. The quantitative estimate of drug-likeness (QED) is 0.418. The molecule has 3 aromatic rings. The highest BCUT2D eigenvalue weighted by Crippen LogP contribution is 2.32. The average molecular weight is 511 g/mol. The van der Waals surface area contributed by atoms with E-state index in [4.69, 9.17) is 0 Å². The largest absolute Gasteiger partial charge is 0.351 e.